The van der Waals surface area contributed by atoms with Gasteiger partial charge in [0.2, 0.25) is 0 Å². The molecular weight excluding hydrogens is 251 g/mol. The van der Waals surface area contributed by atoms with Gasteiger partial charge in [0, 0.05) is 17.3 Å². The van der Waals surface area contributed by atoms with E-state index in [1.807, 2.05) is 0 Å². The summed E-state index contributed by atoms with van der Waals surface area (Å²) < 4.78 is 37.5. The van der Waals surface area contributed by atoms with Crippen molar-refractivity contribution in [3.63, 3.8) is 0 Å². The van der Waals surface area contributed by atoms with Gasteiger partial charge in [-0.25, -0.2) is 0 Å². The fourth-order valence-electron chi connectivity index (χ4n) is 1.46. The van der Waals surface area contributed by atoms with Crippen LogP contribution in [-0.4, -0.2) is 6.54 Å². The zero-order valence-electron chi connectivity index (χ0n) is 9.57. The molecule has 0 bridgehead atoms. The second-order valence-corrected chi connectivity index (χ2v) is 4.30. The fourth-order valence-corrected chi connectivity index (χ4v) is 1.70. The molecule has 1 nitrogen and oxygen atoms in total. The van der Waals surface area contributed by atoms with Gasteiger partial charge in [0.05, 0.1) is 5.56 Å². The highest BCUT2D eigenvalue weighted by Crippen LogP contribution is 2.33. The van der Waals surface area contributed by atoms with Gasteiger partial charge < -0.3 is 5.32 Å². The zero-order valence-corrected chi connectivity index (χ0v) is 10.3. The monoisotopic (exact) mass is 265 g/mol. The number of anilines is 1. The third kappa shape index (κ3) is 4.86. The minimum absolute atomic E-state index is 0.0952. The van der Waals surface area contributed by atoms with Gasteiger partial charge in [0.25, 0.3) is 0 Å². The van der Waals surface area contributed by atoms with Crippen molar-refractivity contribution in [2.75, 3.05) is 11.9 Å². The SMILES string of the molecule is CCCCCNc1cc(Cl)cc(C(F)(F)F)c1. The van der Waals surface area contributed by atoms with Gasteiger partial charge in [0.1, 0.15) is 0 Å². The molecule has 0 saturated heterocycles. The number of unbranched alkanes of at least 4 members (excludes halogenated alkanes) is 2. The molecule has 0 aliphatic carbocycles. The first kappa shape index (κ1) is 14.2. The van der Waals surface area contributed by atoms with E-state index < -0.39 is 11.7 Å². The van der Waals surface area contributed by atoms with Gasteiger partial charge in [-0.05, 0) is 24.6 Å². The number of nitrogens with one attached hydrogen (secondary N) is 1. The van der Waals surface area contributed by atoms with Crippen molar-refractivity contribution < 1.29 is 13.2 Å². The number of halogens is 4. The lowest BCUT2D eigenvalue weighted by molar-refractivity contribution is -0.137. The maximum Gasteiger partial charge on any atom is 0.416 e. The van der Waals surface area contributed by atoms with E-state index in [2.05, 4.69) is 12.2 Å². The number of hydrogen-bond acceptors (Lipinski definition) is 1. The number of hydrogen-bond donors (Lipinski definition) is 1. The van der Waals surface area contributed by atoms with Gasteiger partial charge >= 0.3 is 6.18 Å². The molecule has 5 heteroatoms. The minimum Gasteiger partial charge on any atom is -0.385 e. The third-order valence-corrected chi connectivity index (χ3v) is 2.55. The van der Waals surface area contributed by atoms with Crippen molar-refractivity contribution in [3.05, 3.63) is 28.8 Å². The van der Waals surface area contributed by atoms with E-state index in [-0.39, 0.29) is 5.02 Å². The molecule has 0 fully saturated rings. The Labute approximate surface area is 104 Å². The molecule has 96 valence electrons. The maximum absolute atomic E-state index is 12.5. The Morgan fingerprint density at radius 2 is 1.88 bits per heavy atom. The second kappa shape index (κ2) is 6.15. The van der Waals surface area contributed by atoms with Crippen LogP contribution in [0, 0.1) is 0 Å². The van der Waals surface area contributed by atoms with Crippen LogP contribution in [0.4, 0.5) is 18.9 Å². The minimum atomic E-state index is -4.36. The molecule has 0 spiro atoms. The lowest BCUT2D eigenvalue weighted by Gasteiger charge is -2.11. The Hall–Kier alpha value is -0.900. The highest BCUT2D eigenvalue weighted by atomic mass is 35.5. The van der Waals surface area contributed by atoms with Crippen LogP contribution in [0.25, 0.3) is 0 Å². The Morgan fingerprint density at radius 1 is 1.18 bits per heavy atom. The van der Waals surface area contributed by atoms with Crippen molar-refractivity contribution in [1.82, 2.24) is 0 Å². The van der Waals surface area contributed by atoms with E-state index in [0.717, 1.165) is 31.4 Å². The normalized spacial score (nSPS) is 11.6. The van der Waals surface area contributed by atoms with E-state index >= 15 is 0 Å². The van der Waals surface area contributed by atoms with E-state index in [4.69, 9.17) is 11.6 Å². The van der Waals surface area contributed by atoms with Crippen LogP contribution in [-0.2, 0) is 6.18 Å². The first-order chi connectivity index (χ1) is 7.93. The molecule has 0 atom stereocenters. The Bertz CT molecular complexity index is 363. The molecular formula is C12H15ClF3N. The van der Waals surface area contributed by atoms with Gasteiger partial charge in [-0.3, -0.25) is 0 Å². The van der Waals surface area contributed by atoms with Crippen LogP contribution in [0.5, 0.6) is 0 Å². The Balaban J connectivity index is 2.69. The van der Waals surface area contributed by atoms with Gasteiger partial charge in [0.15, 0.2) is 0 Å². The summed E-state index contributed by atoms with van der Waals surface area (Å²) in [4.78, 5) is 0. The summed E-state index contributed by atoms with van der Waals surface area (Å²) in [7, 11) is 0. The third-order valence-electron chi connectivity index (χ3n) is 2.33. The molecule has 1 N–H and O–H groups in total. The molecule has 1 aromatic rings. The topological polar surface area (TPSA) is 12.0 Å². The van der Waals surface area contributed by atoms with Gasteiger partial charge in [-0.1, -0.05) is 31.4 Å². The van der Waals surface area contributed by atoms with E-state index in [9.17, 15) is 13.2 Å². The molecule has 0 aliphatic rings. The number of rotatable bonds is 5. The quantitative estimate of drug-likeness (QED) is 0.742. The average Bonchev–Trinajstić information content (AvgIpc) is 2.22. The highest BCUT2D eigenvalue weighted by Gasteiger charge is 2.31. The molecule has 0 saturated carbocycles. The number of benzene rings is 1. The molecule has 0 radical (unpaired) electrons. The molecule has 0 aliphatic heterocycles. The predicted octanol–water partition coefficient (Wildman–Crippen LogP) is 4.96. The molecule has 0 aromatic heterocycles. The Kier molecular flexibility index (Phi) is 5.12. The van der Waals surface area contributed by atoms with Crippen molar-refractivity contribution in [3.8, 4) is 0 Å². The zero-order chi connectivity index (χ0) is 12.9. The molecule has 1 rings (SSSR count). The fraction of sp³-hybridized carbons (Fsp3) is 0.500. The van der Waals surface area contributed by atoms with Crippen LogP contribution < -0.4 is 5.32 Å². The van der Waals surface area contributed by atoms with Crippen molar-refractivity contribution in [2.24, 2.45) is 0 Å². The van der Waals surface area contributed by atoms with Crippen LogP contribution in [0.2, 0.25) is 5.02 Å². The summed E-state index contributed by atoms with van der Waals surface area (Å²) >= 11 is 5.66. The van der Waals surface area contributed by atoms with Crippen LogP contribution in [0.15, 0.2) is 18.2 Å². The van der Waals surface area contributed by atoms with E-state index in [1.165, 1.54) is 6.07 Å². The van der Waals surface area contributed by atoms with Crippen LogP contribution in [0.1, 0.15) is 31.7 Å². The lowest BCUT2D eigenvalue weighted by Crippen LogP contribution is -2.07. The molecule has 0 heterocycles. The smallest absolute Gasteiger partial charge is 0.385 e. The lowest BCUT2D eigenvalue weighted by atomic mass is 10.2. The molecule has 0 unspecified atom stereocenters. The molecule has 17 heavy (non-hydrogen) atoms. The molecule has 0 amide bonds. The highest BCUT2D eigenvalue weighted by molar-refractivity contribution is 6.30. The van der Waals surface area contributed by atoms with Gasteiger partial charge in [-0.15, -0.1) is 0 Å². The van der Waals surface area contributed by atoms with E-state index in [0.29, 0.717) is 12.2 Å². The maximum atomic E-state index is 12.5. The van der Waals surface area contributed by atoms with Crippen LogP contribution >= 0.6 is 11.6 Å². The van der Waals surface area contributed by atoms with E-state index in [1.54, 1.807) is 0 Å². The summed E-state index contributed by atoms with van der Waals surface area (Å²) in [5.74, 6) is 0. The van der Waals surface area contributed by atoms with Crippen molar-refractivity contribution in [2.45, 2.75) is 32.4 Å². The molecule has 1 aromatic carbocycles. The predicted molar refractivity (Wildman–Crippen MR) is 64.5 cm³/mol. The summed E-state index contributed by atoms with van der Waals surface area (Å²) in [6.45, 7) is 2.73. The van der Waals surface area contributed by atoms with Crippen molar-refractivity contribution >= 4 is 17.3 Å². The first-order valence-corrected chi connectivity index (χ1v) is 5.93. The summed E-state index contributed by atoms with van der Waals surface area (Å²) in [5.41, 5.74) is -0.302. The Morgan fingerprint density at radius 3 is 2.47 bits per heavy atom. The van der Waals surface area contributed by atoms with Crippen LogP contribution in [0.3, 0.4) is 0 Å². The first-order valence-electron chi connectivity index (χ1n) is 5.55. The summed E-state index contributed by atoms with van der Waals surface area (Å²) in [6, 6.07) is 3.51. The number of alkyl halides is 3. The standard InChI is InChI=1S/C12H15ClF3N/c1-2-3-4-5-17-11-7-9(12(14,15)16)6-10(13)8-11/h6-8,17H,2-5H2,1H3. The summed E-state index contributed by atoms with van der Waals surface area (Å²) in [5, 5.41) is 3.04. The summed E-state index contributed by atoms with van der Waals surface area (Å²) in [6.07, 6.45) is -1.29. The average molecular weight is 266 g/mol. The second-order valence-electron chi connectivity index (χ2n) is 3.86. The van der Waals surface area contributed by atoms with Gasteiger partial charge in [-0.2, -0.15) is 13.2 Å². The largest absolute Gasteiger partial charge is 0.416 e. The van der Waals surface area contributed by atoms with Crippen molar-refractivity contribution in [1.29, 1.82) is 0 Å².